The third kappa shape index (κ3) is 8.95. The molecule has 11 heteroatoms. The normalized spacial score (nSPS) is 15.7. The fourth-order valence-corrected chi connectivity index (χ4v) is 4.54. The number of nitrogens with zero attached hydrogens (tertiary/aromatic N) is 1. The molecule has 2 amide bonds. The Kier molecular flexibility index (Phi) is 11.2. The van der Waals surface area contributed by atoms with Gasteiger partial charge in [-0.2, -0.15) is 0 Å². The Balaban J connectivity index is 1.62. The summed E-state index contributed by atoms with van der Waals surface area (Å²) in [7, 11) is 1.58. The number of alkyl carbamates (subject to hydrolysis) is 1. The van der Waals surface area contributed by atoms with Gasteiger partial charge < -0.3 is 33.7 Å². The SMILES string of the molecule is COCCOCOc1ccc2c(c1)[C@H](NC(=O)OCc1ccccc1)[C@@H](COC(=O)c1ccccc1)N2C(=O)OC(C)(C)C. The smallest absolute Gasteiger partial charge is 0.415 e. The number of nitrogens with one attached hydrogen (secondary N) is 1. The molecule has 1 aliphatic rings. The second-order valence-corrected chi connectivity index (χ2v) is 10.9. The Morgan fingerprint density at radius 2 is 1.59 bits per heavy atom. The molecule has 4 rings (SSSR count). The number of carbonyl (C=O) groups excluding carboxylic acids is 3. The maximum absolute atomic E-state index is 13.6. The monoisotopic (exact) mass is 606 g/mol. The maximum Gasteiger partial charge on any atom is 0.415 e. The molecule has 0 aliphatic carbocycles. The number of rotatable bonds is 12. The number of ether oxygens (including phenoxy) is 6. The van der Waals surface area contributed by atoms with E-state index in [0.717, 1.165) is 5.56 Å². The highest BCUT2D eigenvalue weighted by molar-refractivity contribution is 5.93. The fraction of sp³-hybridized carbons (Fsp3) is 0.364. The molecule has 234 valence electrons. The van der Waals surface area contributed by atoms with Crippen molar-refractivity contribution in [2.75, 3.05) is 38.6 Å². The van der Waals surface area contributed by atoms with Crippen LogP contribution in [0.4, 0.5) is 15.3 Å². The van der Waals surface area contributed by atoms with Gasteiger partial charge in [-0.3, -0.25) is 4.90 Å². The van der Waals surface area contributed by atoms with Crippen LogP contribution in [0.25, 0.3) is 0 Å². The zero-order valence-corrected chi connectivity index (χ0v) is 25.3. The molecule has 0 fully saturated rings. The van der Waals surface area contributed by atoms with Crippen molar-refractivity contribution in [3.8, 4) is 5.75 Å². The maximum atomic E-state index is 13.6. The van der Waals surface area contributed by atoms with Crippen LogP contribution in [0.3, 0.4) is 0 Å². The van der Waals surface area contributed by atoms with Gasteiger partial charge in [0.15, 0.2) is 6.79 Å². The molecule has 44 heavy (non-hydrogen) atoms. The molecule has 0 aromatic heterocycles. The average molecular weight is 607 g/mol. The standard InChI is InChI=1S/C33H38N2O9/c1-33(2,3)44-32(38)35-27-16-15-25(43-22-40-18-17-39-4)19-26(27)29(34-31(37)42-20-23-11-7-5-8-12-23)28(35)21-41-30(36)24-13-9-6-10-14-24/h5-16,19,28-29H,17-18,20-22H2,1-4H3,(H,34,37)/t28-,29+/m1/s1. The Bertz CT molecular complexity index is 1390. The van der Waals surface area contributed by atoms with Crippen LogP contribution in [-0.4, -0.2) is 63.5 Å². The molecule has 0 radical (unpaired) electrons. The first kappa shape index (κ1) is 32.3. The molecule has 3 aromatic carbocycles. The highest BCUT2D eigenvalue weighted by Gasteiger charge is 2.45. The summed E-state index contributed by atoms with van der Waals surface area (Å²) in [6.45, 7) is 5.78. The van der Waals surface area contributed by atoms with E-state index in [-0.39, 0.29) is 20.0 Å². The Labute approximate surface area is 256 Å². The lowest BCUT2D eigenvalue weighted by Crippen LogP contribution is -2.48. The van der Waals surface area contributed by atoms with E-state index in [1.54, 1.807) is 76.4 Å². The third-order valence-corrected chi connectivity index (χ3v) is 6.52. The van der Waals surface area contributed by atoms with Crippen molar-refractivity contribution >= 4 is 23.8 Å². The predicted molar refractivity (Wildman–Crippen MR) is 161 cm³/mol. The van der Waals surface area contributed by atoms with E-state index < -0.39 is 35.8 Å². The number of esters is 1. The van der Waals surface area contributed by atoms with Gasteiger partial charge in [-0.15, -0.1) is 0 Å². The second-order valence-electron chi connectivity index (χ2n) is 10.9. The van der Waals surface area contributed by atoms with E-state index in [2.05, 4.69) is 5.32 Å². The average Bonchev–Trinajstić information content (AvgIpc) is 3.31. The predicted octanol–water partition coefficient (Wildman–Crippen LogP) is 5.63. The lowest BCUT2D eigenvalue weighted by atomic mass is 10.0. The summed E-state index contributed by atoms with van der Waals surface area (Å²) in [6, 6.07) is 21.1. The summed E-state index contributed by atoms with van der Waals surface area (Å²) in [5, 5.41) is 2.87. The topological polar surface area (TPSA) is 122 Å². The van der Waals surface area contributed by atoms with E-state index in [0.29, 0.717) is 35.8 Å². The minimum absolute atomic E-state index is 0.0345. The van der Waals surface area contributed by atoms with Crippen LogP contribution >= 0.6 is 0 Å². The second kappa shape index (κ2) is 15.2. The van der Waals surface area contributed by atoms with Crippen molar-refractivity contribution in [1.82, 2.24) is 5.32 Å². The van der Waals surface area contributed by atoms with Gasteiger partial charge in [0, 0.05) is 12.7 Å². The van der Waals surface area contributed by atoms with Gasteiger partial charge in [0.1, 0.15) is 24.6 Å². The van der Waals surface area contributed by atoms with Crippen molar-refractivity contribution in [3.63, 3.8) is 0 Å². The van der Waals surface area contributed by atoms with Crippen LogP contribution in [0.2, 0.25) is 0 Å². The van der Waals surface area contributed by atoms with Crippen LogP contribution in [-0.2, 0) is 30.3 Å². The van der Waals surface area contributed by atoms with Gasteiger partial charge in [-0.1, -0.05) is 48.5 Å². The quantitative estimate of drug-likeness (QED) is 0.121. The molecule has 0 unspecified atom stereocenters. The summed E-state index contributed by atoms with van der Waals surface area (Å²) in [5.74, 6) is -0.134. The van der Waals surface area contributed by atoms with Crippen molar-refractivity contribution in [2.45, 2.75) is 45.1 Å². The van der Waals surface area contributed by atoms with Gasteiger partial charge in [-0.25, -0.2) is 14.4 Å². The number of hydrogen-bond acceptors (Lipinski definition) is 9. The Morgan fingerprint density at radius 3 is 2.27 bits per heavy atom. The van der Waals surface area contributed by atoms with Crippen LogP contribution in [0, 0.1) is 0 Å². The van der Waals surface area contributed by atoms with E-state index in [1.807, 2.05) is 30.3 Å². The third-order valence-electron chi connectivity index (χ3n) is 6.52. The highest BCUT2D eigenvalue weighted by Crippen LogP contribution is 2.42. The van der Waals surface area contributed by atoms with Gasteiger partial charge in [0.25, 0.3) is 0 Å². The number of methoxy groups -OCH3 is 1. The molecule has 0 saturated heterocycles. The number of benzene rings is 3. The van der Waals surface area contributed by atoms with Crippen LogP contribution < -0.4 is 15.0 Å². The van der Waals surface area contributed by atoms with Crippen molar-refractivity contribution < 1.29 is 42.8 Å². The summed E-state index contributed by atoms with van der Waals surface area (Å²) in [6.07, 6.45) is -1.39. The zero-order valence-electron chi connectivity index (χ0n) is 25.3. The minimum atomic E-state index is -0.870. The number of fused-ring (bicyclic) bond motifs is 1. The number of anilines is 1. The molecule has 1 N–H and O–H groups in total. The van der Waals surface area contributed by atoms with E-state index in [1.165, 1.54) is 4.90 Å². The lowest BCUT2D eigenvalue weighted by molar-refractivity contribution is -0.00851. The number of amides is 2. The van der Waals surface area contributed by atoms with Crippen LogP contribution in [0.5, 0.6) is 5.75 Å². The minimum Gasteiger partial charge on any atom is -0.468 e. The molecular weight excluding hydrogens is 568 g/mol. The first-order valence-corrected chi connectivity index (χ1v) is 14.2. The summed E-state index contributed by atoms with van der Waals surface area (Å²) < 4.78 is 33.1. The zero-order chi connectivity index (χ0) is 31.5. The summed E-state index contributed by atoms with van der Waals surface area (Å²) >= 11 is 0. The molecule has 11 nitrogen and oxygen atoms in total. The number of hydrogen-bond donors (Lipinski definition) is 1. The van der Waals surface area contributed by atoms with Crippen molar-refractivity contribution in [1.29, 1.82) is 0 Å². The van der Waals surface area contributed by atoms with Gasteiger partial charge in [-0.05, 0) is 56.7 Å². The summed E-state index contributed by atoms with van der Waals surface area (Å²) in [5.41, 5.74) is 1.35. The highest BCUT2D eigenvalue weighted by atomic mass is 16.7. The first-order chi connectivity index (χ1) is 21.2. The molecule has 0 spiro atoms. The van der Waals surface area contributed by atoms with Gasteiger partial charge in [0.2, 0.25) is 0 Å². The van der Waals surface area contributed by atoms with Crippen molar-refractivity contribution in [3.05, 3.63) is 95.6 Å². The largest absolute Gasteiger partial charge is 0.468 e. The van der Waals surface area contributed by atoms with Crippen LogP contribution in [0.1, 0.15) is 48.3 Å². The molecular formula is C33H38N2O9. The summed E-state index contributed by atoms with van der Waals surface area (Å²) in [4.78, 5) is 41.0. The Hall–Kier alpha value is -4.61. The van der Waals surface area contributed by atoms with Crippen molar-refractivity contribution in [2.24, 2.45) is 0 Å². The van der Waals surface area contributed by atoms with E-state index in [9.17, 15) is 14.4 Å². The Morgan fingerprint density at radius 1 is 0.886 bits per heavy atom. The molecule has 2 atom stereocenters. The van der Waals surface area contributed by atoms with Gasteiger partial charge >= 0.3 is 18.2 Å². The lowest BCUT2D eigenvalue weighted by Gasteiger charge is -2.30. The molecule has 1 heterocycles. The number of carbonyl (C=O) groups is 3. The fourth-order valence-electron chi connectivity index (χ4n) is 4.54. The molecule has 0 saturated carbocycles. The molecule has 0 bridgehead atoms. The van der Waals surface area contributed by atoms with E-state index in [4.69, 9.17) is 28.4 Å². The molecule has 1 aliphatic heterocycles. The van der Waals surface area contributed by atoms with Crippen LogP contribution in [0.15, 0.2) is 78.9 Å². The molecule has 3 aromatic rings. The van der Waals surface area contributed by atoms with Gasteiger partial charge in [0.05, 0.1) is 36.5 Å². The van der Waals surface area contributed by atoms with E-state index >= 15 is 0 Å². The first-order valence-electron chi connectivity index (χ1n) is 14.2.